The predicted molar refractivity (Wildman–Crippen MR) is 52.4 cm³/mol. The first kappa shape index (κ1) is 7.43. The lowest BCUT2D eigenvalue weighted by atomic mass is 9.96. The summed E-state index contributed by atoms with van der Waals surface area (Å²) in [7, 11) is 0. The van der Waals surface area contributed by atoms with Crippen molar-refractivity contribution in [2.24, 2.45) is 0 Å². The highest BCUT2D eigenvalue weighted by atomic mass is 16.5. The average Bonchev–Trinajstić information content (AvgIpc) is 2.70. The van der Waals surface area contributed by atoms with Gasteiger partial charge in [-0.2, -0.15) is 0 Å². The number of rotatable bonds is 0. The fourth-order valence-corrected chi connectivity index (χ4v) is 2.70. The Kier molecular flexibility index (Phi) is 1.43. The van der Waals surface area contributed by atoms with Gasteiger partial charge in [-0.05, 0) is 36.0 Å². The Morgan fingerprint density at radius 1 is 1.31 bits per heavy atom. The first-order valence-electron chi connectivity index (χ1n) is 5.13. The molecule has 0 aromatic heterocycles. The van der Waals surface area contributed by atoms with Crippen LogP contribution in [0.2, 0.25) is 0 Å². The van der Waals surface area contributed by atoms with E-state index in [1.165, 1.54) is 18.4 Å². The lowest BCUT2D eigenvalue weighted by Gasteiger charge is -2.09. The Balaban J connectivity index is 2.23. The minimum atomic E-state index is 0.756. The SMILES string of the molecule is CC1CCc2ccc3c(c21)CCO3. The summed E-state index contributed by atoms with van der Waals surface area (Å²) < 4.78 is 5.57. The van der Waals surface area contributed by atoms with Gasteiger partial charge in [0.1, 0.15) is 5.75 Å². The molecule has 1 heteroatoms. The van der Waals surface area contributed by atoms with E-state index in [4.69, 9.17) is 4.74 Å². The molecule has 68 valence electrons. The van der Waals surface area contributed by atoms with Gasteiger partial charge in [0.15, 0.2) is 0 Å². The van der Waals surface area contributed by atoms with Crippen LogP contribution in [0.3, 0.4) is 0 Å². The highest BCUT2D eigenvalue weighted by molar-refractivity contribution is 5.50. The van der Waals surface area contributed by atoms with Gasteiger partial charge in [-0.3, -0.25) is 0 Å². The predicted octanol–water partition coefficient (Wildman–Crippen LogP) is 2.67. The summed E-state index contributed by atoms with van der Waals surface area (Å²) >= 11 is 0. The molecule has 1 heterocycles. The average molecular weight is 174 g/mol. The van der Waals surface area contributed by atoms with Crippen molar-refractivity contribution in [3.8, 4) is 5.75 Å². The van der Waals surface area contributed by atoms with E-state index in [9.17, 15) is 0 Å². The van der Waals surface area contributed by atoms with Gasteiger partial charge >= 0.3 is 0 Å². The second-order valence-corrected chi connectivity index (χ2v) is 4.15. The zero-order valence-electron chi connectivity index (χ0n) is 7.97. The van der Waals surface area contributed by atoms with E-state index in [1.807, 2.05) is 0 Å². The molecule has 1 aromatic rings. The highest BCUT2D eigenvalue weighted by Crippen LogP contribution is 2.41. The molecule has 0 saturated heterocycles. The van der Waals surface area contributed by atoms with Crippen molar-refractivity contribution in [3.05, 3.63) is 28.8 Å². The van der Waals surface area contributed by atoms with Crippen LogP contribution in [0.25, 0.3) is 0 Å². The first-order chi connectivity index (χ1) is 6.36. The molecule has 1 aliphatic carbocycles. The minimum absolute atomic E-state index is 0.756. The van der Waals surface area contributed by atoms with Crippen LogP contribution in [0.5, 0.6) is 5.75 Å². The molecule has 1 nitrogen and oxygen atoms in total. The highest BCUT2D eigenvalue weighted by Gasteiger charge is 2.26. The van der Waals surface area contributed by atoms with Gasteiger partial charge in [-0.25, -0.2) is 0 Å². The zero-order valence-corrected chi connectivity index (χ0v) is 7.97. The summed E-state index contributed by atoms with van der Waals surface area (Å²) in [5.74, 6) is 1.90. The summed E-state index contributed by atoms with van der Waals surface area (Å²) in [6.07, 6.45) is 3.72. The summed E-state index contributed by atoms with van der Waals surface area (Å²) in [5, 5.41) is 0. The number of hydrogen-bond acceptors (Lipinski definition) is 1. The van der Waals surface area contributed by atoms with E-state index in [-0.39, 0.29) is 0 Å². The van der Waals surface area contributed by atoms with E-state index >= 15 is 0 Å². The molecule has 0 saturated carbocycles. The van der Waals surface area contributed by atoms with Crippen LogP contribution in [0.1, 0.15) is 36.0 Å². The van der Waals surface area contributed by atoms with Crippen LogP contribution >= 0.6 is 0 Å². The van der Waals surface area contributed by atoms with Crippen molar-refractivity contribution < 1.29 is 4.74 Å². The first-order valence-corrected chi connectivity index (χ1v) is 5.13. The molecule has 0 fully saturated rings. The minimum Gasteiger partial charge on any atom is -0.493 e. The third-order valence-electron chi connectivity index (χ3n) is 3.35. The van der Waals surface area contributed by atoms with E-state index in [0.29, 0.717) is 0 Å². The normalized spacial score (nSPS) is 23.9. The van der Waals surface area contributed by atoms with Crippen LogP contribution in [0.15, 0.2) is 12.1 Å². The molecule has 2 aliphatic rings. The number of aryl methyl sites for hydroxylation is 1. The number of benzene rings is 1. The molecule has 0 N–H and O–H groups in total. The number of fused-ring (bicyclic) bond motifs is 3. The second kappa shape index (κ2) is 2.50. The molecule has 0 bridgehead atoms. The smallest absolute Gasteiger partial charge is 0.122 e. The van der Waals surface area contributed by atoms with Crippen LogP contribution in [-0.2, 0) is 12.8 Å². The maximum absolute atomic E-state index is 5.57. The summed E-state index contributed by atoms with van der Waals surface area (Å²) in [4.78, 5) is 0. The summed E-state index contributed by atoms with van der Waals surface area (Å²) in [5.41, 5.74) is 4.68. The molecule has 1 aliphatic heterocycles. The van der Waals surface area contributed by atoms with Crippen molar-refractivity contribution in [3.63, 3.8) is 0 Å². The van der Waals surface area contributed by atoms with Crippen molar-refractivity contribution in [2.75, 3.05) is 6.61 Å². The topological polar surface area (TPSA) is 9.23 Å². The fraction of sp³-hybridized carbons (Fsp3) is 0.500. The lowest BCUT2D eigenvalue weighted by molar-refractivity contribution is 0.357. The molecule has 13 heavy (non-hydrogen) atoms. The Bertz CT molecular complexity index is 354. The van der Waals surface area contributed by atoms with Crippen LogP contribution < -0.4 is 4.74 Å². The van der Waals surface area contributed by atoms with Gasteiger partial charge in [0, 0.05) is 12.0 Å². The van der Waals surface area contributed by atoms with E-state index < -0.39 is 0 Å². The van der Waals surface area contributed by atoms with Crippen molar-refractivity contribution >= 4 is 0 Å². The maximum Gasteiger partial charge on any atom is 0.122 e. The molecule has 0 spiro atoms. The fourth-order valence-electron chi connectivity index (χ4n) is 2.70. The molecule has 3 rings (SSSR count). The number of hydrogen-bond donors (Lipinski definition) is 0. The third-order valence-corrected chi connectivity index (χ3v) is 3.35. The Morgan fingerprint density at radius 2 is 2.23 bits per heavy atom. The van der Waals surface area contributed by atoms with Crippen molar-refractivity contribution in [1.29, 1.82) is 0 Å². The van der Waals surface area contributed by atoms with Crippen LogP contribution in [-0.4, -0.2) is 6.61 Å². The summed E-state index contributed by atoms with van der Waals surface area (Å²) in [6.45, 7) is 3.23. The number of ether oxygens (including phenoxy) is 1. The molecule has 1 unspecified atom stereocenters. The molecular formula is C12H14O. The summed E-state index contributed by atoms with van der Waals surface area (Å²) in [6, 6.07) is 4.40. The van der Waals surface area contributed by atoms with Crippen LogP contribution in [0, 0.1) is 0 Å². The van der Waals surface area contributed by atoms with E-state index in [1.54, 1.807) is 11.1 Å². The van der Waals surface area contributed by atoms with E-state index in [0.717, 1.165) is 24.7 Å². The maximum atomic E-state index is 5.57. The van der Waals surface area contributed by atoms with Gasteiger partial charge in [-0.1, -0.05) is 13.0 Å². The molecule has 1 aromatic carbocycles. The zero-order chi connectivity index (χ0) is 8.84. The lowest BCUT2D eigenvalue weighted by Crippen LogP contribution is -1.93. The largest absolute Gasteiger partial charge is 0.493 e. The Hall–Kier alpha value is -0.980. The molecular weight excluding hydrogens is 160 g/mol. The molecule has 1 atom stereocenters. The standard InChI is InChI=1S/C12H14O/c1-8-2-3-9-4-5-11-10(12(8)9)6-7-13-11/h4-5,8H,2-3,6-7H2,1H3. The van der Waals surface area contributed by atoms with Crippen molar-refractivity contribution in [2.45, 2.75) is 32.1 Å². The van der Waals surface area contributed by atoms with Crippen molar-refractivity contribution in [1.82, 2.24) is 0 Å². The molecule has 0 radical (unpaired) electrons. The van der Waals surface area contributed by atoms with Gasteiger partial charge < -0.3 is 4.74 Å². The monoisotopic (exact) mass is 174 g/mol. The second-order valence-electron chi connectivity index (χ2n) is 4.15. The van der Waals surface area contributed by atoms with Gasteiger partial charge in [0.05, 0.1) is 6.61 Å². The van der Waals surface area contributed by atoms with E-state index in [2.05, 4.69) is 19.1 Å². The van der Waals surface area contributed by atoms with Gasteiger partial charge in [0.2, 0.25) is 0 Å². The molecule has 0 amide bonds. The Labute approximate surface area is 78.7 Å². The third kappa shape index (κ3) is 0.932. The van der Waals surface area contributed by atoms with Gasteiger partial charge in [-0.15, -0.1) is 0 Å². The van der Waals surface area contributed by atoms with Gasteiger partial charge in [0.25, 0.3) is 0 Å². The quantitative estimate of drug-likeness (QED) is 0.587. The van der Waals surface area contributed by atoms with Crippen LogP contribution in [0.4, 0.5) is 0 Å². The Morgan fingerprint density at radius 3 is 3.15 bits per heavy atom.